The Bertz CT molecular complexity index is 3660. The minimum atomic E-state index is -2.22. The standard InChI is InChI=1S/C78H116O38/c1-31-59(112-65-54(93)50(89)43(29-103-65)110-66-55(94)51(90)47(86)40(26-79)107-66)61(106-33(3)83)58(97)69(104-31)114-63-62(113-67-56(95)52(91)48(87)41(27-80)108-67)60(111-46(85)16-12-34-11-14-38(101-9)39(23-34)102-10)32(2)105-70(63)116-72(100)77-20-19-73(4,5)24-36(77)35-13-15-44-74(6)25-37(84)64(115-68-57(96)53(92)49(88)42(28-81)109-68)76(8,71(98)99)45(74)17-18-75(44,7)78(35,30-82)22-21-77/h11-14,16,23,31-32,36-37,40-45,47-70,79-82,84,86-97H,15,17-22,24-30H2,1-10H3,(H,98,99)/b16-12-/t31-,32+,36-,37-,40+,41+,42+,43+,44+,45+,47-,48+,49+,50-,51-,52-,53-,54+,55+,56+,57+,58+,59-,60-,61-,62-,63+,64-,65-,66-,67-,68-,69-,70-,74+,75+,76-,77-,78-/m0/s1. The first-order chi connectivity index (χ1) is 54.7. The third-order valence-corrected chi connectivity index (χ3v) is 27.5. The van der Waals surface area contributed by atoms with Crippen molar-refractivity contribution >= 4 is 30.0 Å². The van der Waals surface area contributed by atoms with E-state index >= 15 is 4.79 Å². The molecule has 18 N–H and O–H groups in total. The molecule has 39 atom stereocenters. The molecule has 10 fully saturated rings. The maximum atomic E-state index is 16.5. The maximum Gasteiger partial charge on any atom is 0.331 e. The molecule has 6 heterocycles. The van der Waals surface area contributed by atoms with Crippen LogP contribution in [0, 0.1) is 50.2 Å². The zero-order valence-corrected chi connectivity index (χ0v) is 66.2. The Morgan fingerprint density at radius 1 is 0.526 bits per heavy atom. The van der Waals surface area contributed by atoms with Crippen molar-refractivity contribution in [3.63, 3.8) is 0 Å². The maximum absolute atomic E-state index is 16.5. The van der Waals surface area contributed by atoms with Gasteiger partial charge in [-0.2, -0.15) is 0 Å². The van der Waals surface area contributed by atoms with Gasteiger partial charge >= 0.3 is 23.9 Å². The number of carbonyl (C=O) groups excluding carboxylic acids is 3. The summed E-state index contributed by atoms with van der Waals surface area (Å²) in [5.41, 5.74) is -5.80. The molecule has 0 aromatic heterocycles. The second kappa shape index (κ2) is 35.1. The van der Waals surface area contributed by atoms with Gasteiger partial charge in [-0.15, -0.1) is 0 Å². The summed E-state index contributed by atoms with van der Waals surface area (Å²) < 4.78 is 97.2. The number of esters is 3. The molecule has 38 heteroatoms. The molecule has 656 valence electrons. The number of ether oxygens (including phenoxy) is 16. The van der Waals surface area contributed by atoms with Crippen molar-refractivity contribution in [1.82, 2.24) is 0 Å². The third-order valence-electron chi connectivity index (χ3n) is 27.5. The molecular weight excluding hydrogens is 1540 g/mol. The summed E-state index contributed by atoms with van der Waals surface area (Å²) in [6, 6.07) is 4.74. The lowest BCUT2D eigenvalue weighted by Crippen LogP contribution is -2.71. The highest BCUT2D eigenvalue weighted by atomic mass is 16.8. The summed E-state index contributed by atoms with van der Waals surface area (Å²) >= 11 is 0. The van der Waals surface area contributed by atoms with Gasteiger partial charge in [0.25, 0.3) is 0 Å². The number of fused-ring (bicyclic) bond motifs is 7. The molecule has 1 aromatic carbocycles. The highest BCUT2D eigenvalue weighted by Gasteiger charge is 2.74. The Labute approximate surface area is 668 Å². The average molecular weight is 1660 g/mol. The number of allylic oxidation sites excluding steroid dienone is 1. The SMILES string of the molecule is COc1ccc(/C=C\C(=O)O[C@@H]2[C@H](O[C@@H]3O[C@H](CO)[C@@H](O)[C@H](O)[C@H]3O)[C@@H](O[C@@H]3O[C@@H](C)[C@H](O[C@@H]4OC[C@@H](O[C@@H]5O[C@H](CO)[C@H](O)[C@H](O)[C@H]5O)[C@H](O)[C@H]4O)[C@@H](OC(C)=O)[C@H]3O)[C@H](OC(=O)[C@]34CCC(C)(C)C[C@H]3C3=CC[C@@H]5[C@@]6(C)C[C@H](O)[C@H](O[C@@H]7O[C@H](CO)[C@@H](O)[C@H](O)[C@H]7O)[C@@](C)(C(=O)O)[C@@H]6CC[C@@]5(C)[C@]3(CO)CC4)O[C@@H]2C)cc1OC. The molecule has 0 spiro atoms. The quantitative estimate of drug-likeness (QED) is 0.0164. The van der Waals surface area contributed by atoms with Gasteiger partial charge in [0, 0.05) is 18.4 Å². The van der Waals surface area contributed by atoms with Gasteiger partial charge in [-0.25, -0.2) is 4.79 Å². The summed E-state index contributed by atoms with van der Waals surface area (Å²) in [5.74, 6) is -5.62. The molecule has 38 nitrogen and oxygen atoms in total. The number of carboxylic acid groups (broad SMARTS) is 1. The van der Waals surface area contributed by atoms with Crippen molar-refractivity contribution in [2.45, 2.75) is 304 Å². The number of carbonyl (C=O) groups is 4. The van der Waals surface area contributed by atoms with Gasteiger partial charge < -0.3 is 168 Å². The highest BCUT2D eigenvalue weighted by Crippen LogP contribution is 2.76. The molecule has 11 aliphatic rings. The van der Waals surface area contributed by atoms with Crippen molar-refractivity contribution in [1.29, 1.82) is 0 Å². The summed E-state index contributed by atoms with van der Waals surface area (Å²) in [4.78, 5) is 58.3. The monoisotopic (exact) mass is 1660 g/mol. The van der Waals surface area contributed by atoms with Crippen LogP contribution in [0.3, 0.4) is 0 Å². The number of rotatable bonds is 23. The summed E-state index contributed by atoms with van der Waals surface area (Å²) in [5, 5.41) is 200. The number of hydrogen-bond acceptors (Lipinski definition) is 37. The van der Waals surface area contributed by atoms with E-state index < -0.39 is 297 Å². The van der Waals surface area contributed by atoms with Crippen LogP contribution in [0.4, 0.5) is 0 Å². The summed E-state index contributed by atoms with van der Waals surface area (Å²) in [7, 11) is 2.83. The molecule has 0 amide bonds. The lowest BCUT2D eigenvalue weighted by molar-refractivity contribution is -0.393. The average Bonchev–Trinajstić information content (AvgIpc) is 0.667. The van der Waals surface area contributed by atoms with Gasteiger partial charge in [-0.1, -0.05) is 45.4 Å². The largest absolute Gasteiger partial charge is 0.493 e. The van der Waals surface area contributed by atoms with Crippen molar-refractivity contribution in [2.75, 3.05) is 47.3 Å². The van der Waals surface area contributed by atoms with E-state index in [-0.39, 0.29) is 38.5 Å². The predicted octanol–water partition coefficient (Wildman–Crippen LogP) is -3.83. The van der Waals surface area contributed by atoms with E-state index in [2.05, 4.69) is 6.92 Å². The van der Waals surface area contributed by atoms with E-state index in [1.807, 2.05) is 26.8 Å². The van der Waals surface area contributed by atoms with Crippen molar-refractivity contribution in [2.24, 2.45) is 50.2 Å². The molecule has 116 heavy (non-hydrogen) atoms. The molecule has 1 aromatic rings. The summed E-state index contributed by atoms with van der Waals surface area (Å²) in [6.45, 7) is 9.61. The van der Waals surface area contributed by atoms with Crippen LogP contribution in [-0.4, -0.2) is 353 Å². The zero-order valence-electron chi connectivity index (χ0n) is 66.2. The number of hydrogen-bond donors (Lipinski definition) is 18. The first kappa shape index (κ1) is 90.3. The fourth-order valence-corrected chi connectivity index (χ4v) is 21.0. The minimum absolute atomic E-state index is 0.0401. The van der Waals surface area contributed by atoms with Gasteiger partial charge in [-0.3, -0.25) is 14.4 Å². The Balaban J connectivity index is 0.886. The van der Waals surface area contributed by atoms with Crippen LogP contribution in [0.2, 0.25) is 0 Å². The molecule has 0 radical (unpaired) electrons. The molecular formula is C78H116O38. The smallest absolute Gasteiger partial charge is 0.331 e. The van der Waals surface area contributed by atoms with E-state index in [0.717, 1.165) is 18.6 Å². The fraction of sp³-hybridized carbons (Fsp3) is 0.821. The Morgan fingerprint density at radius 3 is 1.63 bits per heavy atom. The van der Waals surface area contributed by atoms with Crippen LogP contribution in [0.5, 0.6) is 11.5 Å². The third kappa shape index (κ3) is 16.1. The van der Waals surface area contributed by atoms with Crippen LogP contribution < -0.4 is 9.47 Å². The predicted molar refractivity (Wildman–Crippen MR) is 386 cm³/mol. The van der Waals surface area contributed by atoms with E-state index in [1.165, 1.54) is 41.1 Å². The Morgan fingerprint density at radius 2 is 1.06 bits per heavy atom. The van der Waals surface area contributed by atoms with E-state index in [1.54, 1.807) is 18.2 Å². The van der Waals surface area contributed by atoms with Crippen molar-refractivity contribution in [3.8, 4) is 11.5 Å². The van der Waals surface area contributed by atoms with Crippen LogP contribution in [-0.2, 0) is 85.5 Å². The second-order valence-electron chi connectivity index (χ2n) is 34.7. The van der Waals surface area contributed by atoms with Crippen molar-refractivity contribution < 1.29 is 187 Å². The molecule has 5 aliphatic carbocycles. The number of aliphatic hydroxyl groups is 17. The zero-order chi connectivity index (χ0) is 84.7. The Hall–Kier alpha value is -4.94. The van der Waals surface area contributed by atoms with E-state index in [4.69, 9.17) is 75.8 Å². The lowest BCUT2D eigenvalue weighted by Gasteiger charge is -2.71. The van der Waals surface area contributed by atoms with E-state index in [0.29, 0.717) is 36.3 Å². The molecule has 4 saturated carbocycles. The van der Waals surface area contributed by atoms with Crippen LogP contribution in [0.1, 0.15) is 119 Å². The minimum Gasteiger partial charge on any atom is -0.493 e. The van der Waals surface area contributed by atoms with Gasteiger partial charge in [0.05, 0.1) is 76.4 Å². The number of methoxy groups -OCH3 is 2. The lowest BCUT2D eigenvalue weighted by atomic mass is 9.33. The Kier molecular flexibility index (Phi) is 27.3. The molecule has 0 bridgehead atoms. The van der Waals surface area contributed by atoms with E-state index in [9.17, 15) is 106 Å². The number of aliphatic hydroxyl groups excluding tert-OH is 17. The number of aliphatic carboxylic acids is 1. The summed E-state index contributed by atoms with van der Waals surface area (Å²) in [6.07, 6.45) is -50.4. The molecule has 12 rings (SSSR count). The number of benzene rings is 1. The molecule has 6 saturated heterocycles. The van der Waals surface area contributed by atoms with Crippen LogP contribution in [0.15, 0.2) is 35.9 Å². The van der Waals surface area contributed by atoms with Crippen molar-refractivity contribution in [3.05, 3.63) is 41.5 Å². The first-order valence-electron chi connectivity index (χ1n) is 39.6. The van der Waals surface area contributed by atoms with Crippen LogP contribution in [0.25, 0.3) is 6.08 Å². The normalized spacial score (nSPS) is 48.1. The molecule has 6 aliphatic heterocycles. The fourth-order valence-electron chi connectivity index (χ4n) is 21.0. The highest BCUT2D eigenvalue weighted by molar-refractivity contribution is 5.87. The van der Waals surface area contributed by atoms with Gasteiger partial charge in [0.2, 0.25) is 6.29 Å². The number of carboxylic acids is 1. The topological polar surface area (TPSA) is 580 Å². The van der Waals surface area contributed by atoms with Gasteiger partial charge in [-0.05, 0) is 136 Å². The first-order valence-corrected chi connectivity index (χ1v) is 39.6. The van der Waals surface area contributed by atoms with Crippen LogP contribution >= 0.6 is 0 Å². The second-order valence-corrected chi connectivity index (χ2v) is 34.7. The van der Waals surface area contributed by atoms with Gasteiger partial charge in [0.15, 0.2) is 61.3 Å². The van der Waals surface area contributed by atoms with Gasteiger partial charge in [0.1, 0.15) is 116 Å². The molecule has 0 unspecified atom stereocenters.